The van der Waals surface area contributed by atoms with Crippen LogP contribution in [0.2, 0.25) is 0 Å². The Hall–Kier alpha value is -0.520. The highest BCUT2D eigenvalue weighted by Crippen LogP contribution is 2.14. The fraction of sp³-hybridized carbons (Fsp3) is 0.722. The van der Waals surface area contributed by atoms with E-state index in [2.05, 4.69) is 16.5 Å². The lowest BCUT2D eigenvalue weighted by molar-refractivity contribution is -0.285. The third-order valence-corrected chi connectivity index (χ3v) is 3.10. The first-order chi connectivity index (χ1) is 11.9. The molecule has 0 saturated carbocycles. The number of hydrogen-bond acceptors (Lipinski definition) is 7. The Kier molecular flexibility index (Phi) is 31.2. The Morgan fingerprint density at radius 1 is 1.19 bits per heavy atom. The normalized spacial score (nSPS) is 16.1. The predicted octanol–water partition coefficient (Wildman–Crippen LogP) is 3.63. The second kappa shape index (κ2) is 24.5. The lowest BCUT2D eigenvalue weighted by Gasteiger charge is -2.19. The van der Waals surface area contributed by atoms with Gasteiger partial charge in [0.2, 0.25) is 0 Å². The molecule has 7 nitrogen and oxygen atoms in total. The first kappa shape index (κ1) is 33.1. The first-order valence-electron chi connectivity index (χ1n) is 8.58. The summed E-state index contributed by atoms with van der Waals surface area (Å²) < 4.78 is 4.41. The zero-order valence-corrected chi connectivity index (χ0v) is 18.9. The second-order valence-corrected chi connectivity index (χ2v) is 5.11. The van der Waals surface area contributed by atoms with Gasteiger partial charge in [-0.1, -0.05) is 58.4 Å². The highest BCUT2D eigenvalue weighted by Gasteiger charge is 2.16. The van der Waals surface area contributed by atoms with E-state index in [0.29, 0.717) is 6.42 Å². The van der Waals surface area contributed by atoms with E-state index in [-0.39, 0.29) is 35.9 Å². The molecule has 0 fully saturated rings. The fourth-order valence-electron chi connectivity index (χ4n) is 1.64. The van der Waals surface area contributed by atoms with Gasteiger partial charge >= 0.3 is 5.97 Å². The van der Waals surface area contributed by atoms with Crippen LogP contribution in [0.15, 0.2) is 24.3 Å². The molecule has 0 aliphatic heterocycles. The summed E-state index contributed by atoms with van der Waals surface area (Å²) in [5.41, 5.74) is -0.408. The molecule has 0 radical (unpaired) electrons. The standard InChI is InChI=1S/C8H10O3.C7H16O.C2H6.CH4O3.HI/c9-6-11-8(10)7-4-2-1-3-5-7;1-4-6-7(3,8)5-2;1-2;2-1-4-3;/h1-4,7,9H,5-6H2;8H,4-6H2,1-3H3;1-2H3;2-3H,1H2;1H. The summed E-state index contributed by atoms with van der Waals surface area (Å²) in [7, 11) is 0. The topological polar surface area (TPSA) is 116 Å². The second-order valence-electron chi connectivity index (χ2n) is 5.11. The number of esters is 1. The quantitative estimate of drug-likeness (QED) is 0.147. The smallest absolute Gasteiger partial charge is 0.315 e. The summed E-state index contributed by atoms with van der Waals surface area (Å²) in [5, 5.41) is 32.1. The van der Waals surface area contributed by atoms with Gasteiger partial charge in [0.25, 0.3) is 0 Å². The van der Waals surface area contributed by atoms with Crippen LogP contribution >= 0.6 is 24.0 Å². The first-order valence-corrected chi connectivity index (χ1v) is 8.58. The molecule has 0 bridgehead atoms. The van der Waals surface area contributed by atoms with Crippen molar-refractivity contribution >= 4 is 29.9 Å². The summed E-state index contributed by atoms with van der Waals surface area (Å²) >= 11 is 0. The number of carbonyl (C=O) groups is 1. The number of allylic oxidation sites excluding steroid dienone is 3. The van der Waals surface area contributed by atoms with E-state index >= 15 is 0 Å². The molecule has 0 aromatic heterocycles. The molecular weight excluding hydrogens is 455 g/mol. The maximum Gasteiger partial charge on any atom is 0.315 e. The van der Waals surface area contributed by atoms with E-state index in [1.54, 1.807) is 12.2 Å². The maximum atomic E-state index is 10.9. The van der Waals surface area contributed by atoms with Gasteiger partial charge in [0.05, 0.1) is 11.5 Å². The molecule has 1 aliphatic rings. The summed E-state index contributed by atoms with van der Waals surface area (Å²) in [6, 6.07) is 0. The Morgan fingerprint density at radius 2 is 1.73 bits per heavy atom. The molecule has 0 aromatic rings. The molecular formula is C18H37IO7. The number of aliphatic hydroxyl groups is 3. The van der Waals surface area contributed by atoms with Crippen molar-refractivity contribution in [2.75, 3.05) is 13.6 Å². The van der Waals surface area contributed by atoms with Crippen molar-refractivity contribution < 1.29 is 35.0 Å². The minimum Gasteiger partial charge on any atom is -0.438 e. The van der Waals surface area contributed by atoms with Gasteiger partial charge in [-0.25, -0.2) is 10.1 Å². The molecule has 0 amide bonds. The number of carbonyl (C=O) groups excluding carboxylic acids is 1. The molecule has 0 aromatic carbocycles. The van der Waals surface area contributed by atoms with Gasteiger partial charge in [-0.15, -0.1) is 24.0 Å². The summed E-state index contributed by atoms with van der Waals surface area (Å²) in [5.74, 6) is -0.583. The molecule has 2 atom stereocenters. The van der Waals surface area contributed by atoms with Crippen LogP contribution in [0.4, 0.5) is 0 Å². The van der Waals surface area contributed by atoms with E-state index in [4.69, 9.17) is 15.5 Å². The molecule has 1 rings (SSSR count). The largest absolute Gasteiger partial charge is 0.438 e. The van der Waals surface area contributed by atoms with Gasteiger partial charge in [0.1, 0.15) is 0 Å². The third-order valence-electron chi connectivity index (χ3n) is 3.10. The number of rotatable bonds is 6. The van der Waals surface area contributed by atoms with Gasteiger partial charge in [-0.2, -0.15) is 0 Å². The average Bonchev–Trinajstić information content (AvgIpc) is 2.65. The van der Waals surface area contributed by atoms with E-state index < -0.39 is 19.2 Å². The molecule has 4 N–H and O–H groups in total. The van der Waals surface area contributed by atoms with Crippen LogP contribution in [0.5, 0.6) is 0 Å². The Morgan fingerprint density at radius 3 is 2.00 bits per heavy atom. The molecule has 2 unspecified atom stereocenters. The third kappa shape index (κ3) is 23.5. The highest BCUT2D eigenvalue weighted by molar-refractivity contribution is 14.0. The highest BCUT2D eigenvalue weighted by atomic mass is 127. The fourth-order valence-corrected chi connectivity index (χ4v) is 1.64. The van der Waals surface area contributed by atoms with E-state index in [0.717, 1.165) is 19.3 Å². The Bertz CT molecular complexity index is 342. The van der Waals surface area contributed by atoms with Crippen molar-refractivity contribution in [2.24, 2.45) is 5.92 Å². The predicted molar refractivity (Wildman–Crippen MR) is 113 cm³/mol. The van der Waals surface area contributed by atoms with Crippen LogP contribution in [-0.4, -0.2) is 45.7 Å². The summed E-state index contributed by atoms with van der Waals surface area (Å²) in [6.45, 7) is 8.82. The summed E-state index contributed by atoms with van der Waals surface area (Å²) in [4.78, 5) is 14.0. The number of ether oxygens (including phenoxy) is 1. The zero-order chi connectivity index (χ0) is 20.1. The monoisotopic (exact) mass is 492 g/mol. The van der Waals surface area contributed by atoms with Crippen LogP contribution in [0.25, 0.3) is 0 Å². The van der Waals surface area contributed by atoms with Crippen molar-refractivity contribution in [2.45, 2.75) is 65.9 Å². The van der Waals surface area contributed by atoms with Gasteiger partial charge in [-0.3, -0.25) is 4.79 Å². The molecule has 0 saturated heterocycles. The molecule has 0 spiro atoms. The Labute approximate surface area is 174 Å². The average molecular weight is 492 g/mol. The lowest BCUT2D eigenvalue weighted by Crippen LogP contribution is -2.21. The SMILES string of the molecule is CC.CCCC(C)(O)CC.I.O=C(OCO)C1C=CC=CC1.OCOO. The number of halogens is 1. The Balaban J connectivity index is -0.000000143. The van der Waals surface area contributed by atoms with Crippen molar-refractivity contribution in [3.05, 3.63) is 24.3 Å². The van der Waals surface area contributed by atoms with Crippen LogP contribution in [0.1, 0.15) is 60.3 Å². The van der Waals surface area contributed by atoms with Gasteiger partial charge in [0.15, 0.2) is 13.6 Å². The molecule has 8 heteroatoms. The van der Waals surface area contributed by atoms with Gasteiger partial charge in [-0.05, 0) is 26.2 Å². The minimum absolute atomic E-state index is 0. The van der Waals surface area contributed by atoms with Crippen molar-refractivity contribution in [3.8, 4) is 0 Å². The number of aliphatic hydroxyl groups excluding tert-OH is 2. The van der Waals surface area contributed by atoms with Crippen molar-refractivity contribution in [3.63, 3.8) is 0 Å². The van der Waals surface area contributed by atoms with Crippen LogP contribution < -0.4 is 0 Å². The van der Waals surface area contributed by atoms with Crippen molar-refractivity contribution in [1.29, 1.82) is 0 Å². The van der Waals surface area contributed by atoms with Crippen LogP contribution in [0.3, 0.4) is 0 Å². The molecule has 1 aliphatic carbocycles. The van der Waals surface area contributed by atoms with E-state index in [1.807, 2.05) is 39.8 Å². The lowest BCUT2D eigenvalue weighted by atomic mass is 9.98. The van der Waals surface area contributed by atoms with Gasteiger partial charge < -0.3 is 20.1 Å². The number of hydrogen-bond donors (Lipinski definition) is 4. The summed E-state index contributed by atoms with van der Waals surface area (Å²) in [6.07, 6.45) is 10.8. The molecule has 26 heavy (non-hydrogen) atoms. The maximum absolute atomic E-state index is 10.9. The van der Waals surface area contributed by atoms with E-state index in [9.17, 15) is 9.90 Å². The van der Waals surface area contributed by atoms with Crippen molar-refractivity contribution in [1.82, 2.24) is 0 Å². The van der Waals surface area contributed by atoms with Crippen LogP contribution in [-0.2, 0) is 14.4 Å². The van der Waals surface area contributed by atoms with E-state index in [1.165, 1.54) is 0 Å². The van der Waals surface area contributed by atoms with Gasteiger partial charge in [0, 0.05) is 0 Å². The molecule has 0 heterocycles. The van der Waals surface area contributed by atoms with Crippen LogP contribution in [0, 0.1) is 5.92 Å². The minimum atomic E-state index is -0.625. The zero-order valence-electron chi connectivity index (χ0n) is 16.6. The molecule has 158 valence electrons.